The lowest BCUT2D eigenvalue weighted by atomic mass is 10.2. The molecule has 1 N–H and O–H groups in total. The number of benzene rings is 1. The van der Waals surface area contributed by atoms with Crippen LogP contribution in [0.5, 0.6) is 0 Å². The van der Waals surface area contributed by atoms with E-state index in [9.17, 15) is 4.39 Å². The van der Waals surface area contributed by atoms with E-state index < -0.39 is 0 Å². The Hall–Kier alpha value is -2.17. The van der Waals surface area contributed by atoms with Crippen LogP contribution in [0.4, 0.5) is 10.1 Å². The summed E-state index contributed by atoms with van der Waals surface area (Å²) in [7, 11) is 0. The number of guanidine groups is 1. The average Bonchev–Trinajstić information content (AvgIpc) is 3.19. The van der Waals surface area contributed by atoms with E-state index in [0.29, 0.717) is 18.8 Å². The van der Waals surface area contributed by atoms with E-state index in [1.165, 1.54) is 6.07 Å². The number of aliphatic imine (C=N–C) groups is 1. The summed E-state index contributed by atoms with van der Waals surface area (Å²) in [5, 5.41) is 11.4. The standard InChI is InChI=1S/C20H28FN7.HI/c1-3-9-22-20(23-10-11-28-16-24-25-19(28)4-2)27-14-12-26(13-15-27)18-8-6-5-7-17(18)21;/h3,5-8,16H,1,4,9-15H2,2H3,(H,22,23);1H. The molecular formula is C20H29FIN7. The molecule has 0 unspecified atom stereocenters. The van der Waals surface area contributed by atoms with Gasteiger partial charge in [-0.25, -0.2) is 4.39 Å². The lowest BCUT2D eigenvalue weighted by Crippen LogP contribution is -2.52. The van der Waals surface area contributed by atoms with Crippen molar-refractivity contribution in [1.29, 1.82) is 0 Å². The Labute approximate surface area is 188 Å². The van der Waals surface area contributed by atoms with Crippen molar-refractivity contribution in [2.24, 2.45) is 4.99 Å². The molecule has 0 radical (unpaired) electrons. The molecule has 0 saturated carbocycles. The number of hydrogen-bond acceptors (Lipinski definition) is 4. The van der Waals surface area contributed by atoms with Gasteiger partial charge < -0.3 is 19.7 Å². The fraction of sp³-hybridized carbons (Fsp3) is 0.450. The Kier molecular flexibility index (Phi) is 9.36. The maximum absolute atomic E-state index is 14.0. The second-order valence-electron chi connectivity index (χ2n) is 6.59. The van der Waals surface area contributed by atoms with Crippen LogP contribution in [0, 0.1) is 5.82 Å². The summed E-state index contributed by atoms with van der Waals surface area (Å²) in [5.74, 6) is 1.66. The number of anilines is 1. The van der Waals surface area contributed by atoms with Crippen LogP contribution in [0.2, 0.25) is 0 Å². The Morgan fingerprint density at radius 3 is 2.72 bits per heavy atom. The number of nitrogens with one attached hydrogen (secondary N) is 1. The smallest absolute Gasteiger partial charge is 0.194 e. The highest BCUT2D eigenvalue weighted by atomic mass is 127. The van der Waals surface area contributed by atoms with Crippen molar-refractivity contribution < 1.29 is 4.39 Å². The number of para-hydroxylation sites is 1. The molecular weight excluding hydrogens is 484 g/mol. The zero-order valence-electron chi connectivity index (χ0n) is 16.8. The van der Waals surface area contributed by atoms with Crippen molar-refractivity contribution in [3.8, 4) is 0 Å². The molecule has 29 heavy (non-hydrogen) atoms. The minimum atomic E-state index is -0.171. The lowest BCUT2D eigenvalue weighted by molar-refractivity contribution is 0.371. The largest absolute Gasteiger partial charge is 0.366 e. The minimum Gasteiger partial charge on any atom is -0.366 e. The van der Waals surface area contributed by atoms with Gasteiger partial charge in [-0.15, -0.1) is 40.8 Å². The van der Waals surface area contributed by atoms with Gasteiger partial charge in [0.25, 0.3) is 0 Å². The third-order valence-corrected chi connectivity index (χ3v) is 4.79. The van der Waals surface area contributed by atoms with E-state index in [2.05, 4.69) is 38.8 Å². The number of nitrogens with zero attached hydrogens (tertiary/aromatic N) is 6. The third kappa shape index (κ3) is 6.15. The molecule has 1 aliphatic rings. The van der Waals surface area contributed by atoms with Gasteiger partial charge in [-0.05, 0) is 12.1 Å². The topological polar surface area (TPSA) is 61.6 Å². The quantitative estimate of drug-likeness (QED) is 0.267. The third-order valence-electron chi connectivity index (χ3n) is 4.79. The van der Waals surface area contributed by atoms with Gasteiger partial charge in [0.2, 0.25) is 0 Å². The molecule has 0 amide bonds. The highest BCUT2D eigenvalue weighted by Gasteiger charge is 2.21. The van der Waals surface area contributed by atoms with Crippen LogP contribution >= 0.6 is 24.0 Å². The van der Waals surface area contributed by atoms with Gasteiger partial charge in [0, 0.05) is 45.7 Å². The minimum absolute atomic E-state index is 0. The van der Waals surface area contributed by atoms with Crippen LogP contribution in [0.15, 0.2) is 48.2 Å². The van der Waals surface area contributed by atoms with Crippen molar-refractivity contribution in [2.75, 3.05) is 44.2 Å². The predicted molar refractivity (Wildman–Crippen MR) is 126 cm³/mol. The molecule has 0 atom stereocenters. The summed E-state index contributed by atoms with van der Waals surface area (Å²) in [6, 6.07) is 6.94. The summed E-state index contributed by atoms with van der Waals surface area (Å²) >= 11 is 0. The first-order valence-corrected chi connectivity index (χ1v) is 9.73. The van der Waals surface area contributed by atoms with E-state index in [4.69, 9.17) is 4.99 Å². The second-order valence-corrected chi connectivity index (χ2v) is 6.59. The Balaban J connectivity index is 0.00000300. The molecule has 9 heteroatoms. The fourth-order valence-corrected chi connectivity index (χ4v) is 3.30. The Morgan fingerprint density at radius 1 is 1.28 bits per heavy atom. The molecule has 1 aromatic carbocycles. The van der Waals surface area contributed by atoms with Crippen molar-refractivity contribution in [3.63, 3.8) is 0 Å². The van der Waals surface area contributed by atoms with Crippen LogP contribution in [-0.2, 0) is 13.0 Å². The molecule has 1 saturated heterocycles. The van der Waals surface area contributed by atoms with Crippen LogP contribution in [0.1, 0.15) is 12.7 Å². The Morgan fingerprint density at radius 2 is 2.03 bits per heavy atom. The molecule has 7 nitrogen and oxygen atoms in total. The van der Waals surface area contributed by atoms with Gasteiger partial charge in [-0.2, -0.15) is 0 Å². The van der Waals surface area contributed by atoms with Crippen molar-refractivity contribution in [2.45, 2.75) is 19.9 Å². The monoisotopic (exact) mass is 513 g/mol. The summed E-state index contributed by atoms with van der Waals surface area (Å²) in [6.45, 7) is 10.9. The normalized spacial score (nSPS) is 14.5. The molecule has 1 aromatic heterocycles. The second kappa shape index (κ2) is 11.7. The molecule has 1 aliphatic heterocycles. The molecule has 0 bridgehead atoms. The summed E-state index contributed by atoms with van der Waals surface area (Å²) in [5.41, 5.74) is 0.666. The van der Waals surface area contributed by atoms with Crippen LogP contribution in [0.3, 0.4) is 0 Å². The van der Waals surface area contributed by atoms with E-state index in [-0.39, 0.29) is 29.8 Å². The number of halogens is 2. The molecule has 0 aliphatic carbocycles. The van der Waals surface area contributed by atoms with Gasteiger partial charge in [-0.1, -0.05) is 25.1 Å². The highest BCUT2D eigenvalue weighted by molar-refractivity contribution is 14.0. The molecule has 3 rings (SSSR count). The molecule has 2 aromatic rings. The number of aromatic nitrogens is 3. The number of hydrogen-bond donors (Lipinski definition) is 1. The summed E-state index contributed by atoms with van der Waals surface area (Å²) in [4.78, 5) is 9.07. The number of rotatable bonds is 7. The first-order valence-electron chi connectivity index (χ1n) is 9.73. The lowest BCUT2D eigenvalue weighted by Gasteiger charge is -2.37. The van der Waals surface area contributed by atoms with Gasteiger partial charge >= 0.3 is 0 Å². The van der Waals surface area contributed by atoms with Gasteiger partial charge in [-0.3, -0.25) is 4.99 Å². The Bertz CT molecular complexity index is 800. The van der Waals surface area contributed by atoms with E-state index >= 15 is 0 Å². The molecule has 2 heterocycles. The zero-order valence-corrected chi connectivity index (χ0v) is 19.1. The van der Waals surface area contributed by atoms with E-state index in [1.54, 1.807) is 12.4 Å². The van der Waals surface area contributed by atoms with Crippen molar-refractivity contribution >= 4 is 35.6 Å². The average molecular weight is 513 g/mol. The SMILES string of the molecule is C=CCNC(=NCCn1cnnc1CC)N1CCN(c2ccccc2F)CC1.I. The predicted octanol–water partition coefficient (Wildman–Crippen LogP) is 2.55. The van der Waals surface area contributed by atoms with Crippen LogP contribution in [0.25, 0.3) is 0 Å². The van der Waals surface area contributed by atoms with E-state index in [1.807, 2.05) is 22.8 Å². The van der Waals surface area contributed by atoms with Gasteiger partial charge in [0.15, 0.2) is 5.96 Å². The number of aryl methyl sites for hydroxylation is 1. The summed E-state index contributed by atoms with van der Waals surface area (Å²) < 4.78 is 16.1. The fourth-order valence-electron chi connectivity index (χ4n) is 3.30. The molecule has 158 valence electrons. The van der Waals surface area contributed by atoms with Gasteiger partial charge in [0.05, 0.1) is 12.2 Å². The maximum atomic E-state index is 14.0. The first kappa shape index (κ1) is 23.1. The molecule has 1 fully saturated rings. The highest BCUT2D eigenvalue weighted by Crippen LogP contribution is 2.20. The first-order chi connectivity index (χ1) is 13.7. The molecule has 0 spiro atoms. The summed E-state index contributed by atoms with van der Waals surface area (Å²) in [6.07, 6.45) is 4.42. The van der Waals surface area contributed by atoms with Crippen molar-refractivity contribution in [3.05, 3.63) is 54.9 Å². The zero-order chi connectivity index (χ0) is 19.8. The van der Waals surface area contributed by atoms with Crippen LogP contribution < -0.4 is 10.2 Å². The van der Waals surface area contributed by atoms with E-state index in [0.717, 1.165) is 50.9 Å². The van der Waals surface area contributed by atoms with Gasteiger partial charge in [0.1, 0.15) is 18.0 Å². The van der Waals surface area contributed by atoms with Crippen molar-refractivity contribution in [1.82, 2.24) is 25.0 Å². The number of piperazine rings is 1. The maximum Gasteiger partial charge on any atom is 0.194 e. The van der Waals surface area contributed by atoms with Crippen LogP contribution in [-0.4, -0.2) is 64.9 Å².